The Hall–Kier alpha value is -2.72. The minimum Gasteiger partial charge on any atom is -0.437 e. The van der Waals surface area contributed by atoms with Crippen molar-refractivity contribution in [1.29, 1.82) is 0 Å². The van der Waals surface area contributed by atoms with Crippen molar-refractivity contribution in [1.82, 2.24) is 14.8 Å². The molecule has 2 amide bonds. The molecule has 27 heavy (non-hydrogen) atoms. The molecule has 1 aromatic heterocycles. The van der Waals surface area contributed by atoms with E-state index in [1.165, 1.54) is 11.0 Å². The van der Waals surface area contributed by atoms with Crippen molar-refractivity contribution < 1.29 is 14.2 Å². The van der Waals surface area contributed by atoms with Gasteiger partial charge in [-0.25, -0.2) is 14.2 Å². The van der Waals surface area contributed by atoms with Crippen LogP contribution in [0.1, 0.15) is 11.1 Å². The lowest BCUT2D eigenvalue weighted by Crippen LogP contribution is -2.67. The predicted octanol–water partition coefficient (Wildman–Crippen LogP) is 1.25. The van der Waals surface area contributed by atoms with E-state index in [0.717, 1.165) is 0 Å². The van der Waals surface area contributed by atoms with Gasteiger partial charge in [0.05, 0.1) is 18.3 Å². The van der Waals surface area contributed by atoms with E-state index in [0.29, 0.717) is 30.0 Å². The molecule has 0 radical (unpaired) electrons. The van der Waals surface area contributed by atoms with Crippen molar-refractivity contribution >= 4 is 30.5 Å². The molecule has 1 fully saturated rings. The molecule has 0 unspecified atom stereocenters. The van der Waals surface area contributed by atoms with E-state index < -0.39 is 12.9 Å². The maximum absolute atomic E-state index is 14.5. The minimum atomic E-state index is -0.596. The number of carbonyl (C=O) groups is 1. The molecule has 0 aliphatic carbocycles. The highest BCUT2D eigenvalue weighted by atomic mass is 19.1. The number of rotatable bonds is 3. The highest BCUT2D eigenvalue weighted by Crippen LogP contribution is 2.36. The molecular weight excluding hydrogens is 350 g/mol. The number of nitrogens with zero attached hydrogens (tertiary/aromatic N) is 5. The number of hydrogen-bond donors (Lipinski definition) is 2. The van der Waals surface area contributed by atoms with Gasteiger partial charge in [-0.3, -0.25) is 9.80 Å². The number of nitrogens with two attached hydrogens (primary N) is 1. The predicted molar refractivity (Wildman–Crippen MR) is 101 cm³/mol. The number of anilines is 3. The Bertz CT molecular complexity index is 885. The fraction of sp³-hybridized carbons (Fsp3) is 0.353. The molecule has 2 aliphatic rings. The second-order valence-corrected chi connectivity index (χ2v) is 6.96. The molecule has 4 rings (SSSR count). The first-order valence-corrected chi connectivity index (χ1v) is 8.76. The molecule has 2 aromatic rings. The second kappa shape index (κ2) is 6.47. The lowest BCUT2D eigenvalue weighted by Gasteiger charge is -2.48. The summed E-state index contributed by atoms with van der Waals surface area (Å²) >= 11 is 0. The Morgan fingerprint density at radius 1 is 1.37 bits per heavy atom. The zero-order chi connectivity index (χ0) is 19.3. The summed E-state index contributed by atoms with van der Waals surface area (Å²) in [4.78, 5) is 26.4. The third-order valence-corrected chi connectivity index (χ3v) is 5.10. The average Bonchev–Trinajstić information content (AvgIpc) is 2.56. The van der Waals surface area contributed by atoms with Gasteiger partial charge in [0.1, 0.15) is 11.6 Å². The first kappa shape index (κ1) is 17.7. The summed E-state index contributed by atoms with van der Waals surface area (Å²) in [5, 5.41) is 9.71. The maximum Gasteiger partial charge on any atom is 0.376 e. The molecule has 1 saturated heterocycles. The molecule has 0 saturated carbocycles. The summed E-state index contributed by atoms with van der Waals surface area (Å²) in [5.41, 5.74) is 7.35. The number of benzene rings is 1. The van der Waals surface area contributed by atoms with Crippen molar-refractivity contribution in [3.05, 3.63) is 41.3 Å². The molecular formula is C17H20BFN6O2. The number of nitrogen functional groups attached to an aromatic ring is 1. The topological polar surface area (TPSA) is 98.8 Å². The molecule has 1 aromatic carbocycles. The Labute approximate surface area is 156 Å². The van der Waals surface area contributed by atoms with Crippen LogP contribution in [0.5, 0.6) is 0 Å². The zero-order valence-electron chi connectivity index (χ0n) is 15.1. The van der Waals surface area contributed by atoms with Gasteiger partial charge in [-0.15, -0.1) is 0 Å². The van der Waals surface area contributed by atoms with Gasteiger partial charge in [-0.05, 0) is 25.4 Å². The third kappa shape index (κ3) is 2.90. The van der Waals surface area contributed by atoms with E-state index in [9.17, 15) is 14.2 Å². The first-order chi connectivity index (χ1) is 12.9. The van der Waals surface area contributed by atoms with Crippen LogP contribution in [0.25, 0.3) is 0 Å². The molecule has 140 valence electrons. The average molecular weight is 370 g/mol. The maximum atomic E-state index is 14.5. The van der Waals surface area contributed by atoms with Crippen molar-refractivity contribution in [3.8, 4) is 0 Å². The van der Waals surface area contributed by atoms with Crippen LogP contribution >= 0.6 is 0 Å². The molecule has 3 heterocycles. The number of para-hydroxylation sites is 1. The number of hydrogen-bond acceptors (Lipinski definition) is 6. The van der Waals surface area contributed by atoms with Crippen molar-refractivity contribution in [2.24, 2.45) is 0 Å². The quantitative estimate of drug-likeness (QED) is 0.789. The van der Waals surface area contributed by atoms with Crippen molar-refractivity contribution in [2.75, 3.05) is 28.6 Å². The summed E-state index contributed by atoms with van der Waals surface area (Å²) in [5.74, 6) is 0.0732. The van der Waals surface area contributed by atoms with Crippen molar-refractivity contribution in [2.45, 2.75) is 26.3 Å². The number of halogens is 1. The summed E-state index contributed by atoms with van der Waals surface area (Å²) in [6, 6.07) is 4.18. The van der Waals surface area contributed by atoms with Gasteiger partial charge in [-0.1, -0.05) is 12.1 Å². The van der Waals surface area contributed by atoms with Gasteiger partial charge in [0, 0.05) is 24.8 Å². The van der Waals surface area contributed by atoms with E-state index in [1.54, 1.807) is 37.0 Å². The van der Waals surface area contributed by atoms with E-state index in [-0.39, 0.29) is 30.3 Å². The summed E-state index contributed by atoms with van der Waals surface area (Å²) < 4.78 is 14.5. The molecule has 8 nitrogen and oxygen atoms in total. The molecule has 0 spiro atoms. The smallest absolute Gasteiger partial charge is 0.376 e. The Morgan fingerprint density at radius 2 is 2.11 bits per heavy atom. The van der Waals surface area contributed by atoms with Gasteiger partial charge in [-0.2, -0.15) is 4.98 Å². The van der Waals surface area contributed by atoms with Gasteiger partial charge in [0.15, 0.2) is 0 Å². The number of urea groups is 1. The van der Waals surface area contributed by atoms with Crippen LogP contribution in [0.3, 0.4) is 0 Å². The summed E-state index contributed by atoms with van der Waals surface area (Å²) in [6.45, 7) is 4.61. The highest BCUT2D eigenvalue weighted by Gasteiger charge is 2.44. The van der Waals surface area contributed by atoms with Gasteiger partial charge < -0.3 is 15.6 Å². The Kier molecular flexibility index (Phi) is 4.24. The summed E-state index contributed by atoms with van der Waals surface area (Å²) in [7, 11) is -0.596. The number of aromatic nitrogens is 2. The fourth-order valence-electron chi connectivity index (χ4n) is 3.61. The van der Waals surface area contributed by atoms with Gasteiger partial charge >= 0.3 is 13.1 Å². The molecule has 2 aliphatic heterocycles. The van der Waals surface area contributed by atoms with Crippen LogP contribution in [-0.4, -0.2) is 52.0 Å². The number of carbonyl (C=O) groups excluding carboxylic acids is 1. The lowest BCUT2D eigenvalue weighted by molar-refractivity contribution is 0.210. The zero-order valence-corrected chi connectivity index (χ0v) is 15.1. The molecule has 0 atom stereocenters. The second-order valence-electron chi connectivity index (χ2n) is 6.96. The van der Waals surface area contributed by atoms with E-state index in [2.05, 4.69) is 9.97 Å². The van der Waals surface area contributed by atoms with Crippen LogP contribution in [0.15, 0.2) is 24.4 Å². The number of amides is 2. The van der Waals surface area contributed by atoms with E-state index in [4.69, 9.17) is 5.73 Å². The minimum absolute atomic E-state index is 0.0776. The molecule has 10 heteroatoms. The van der Waals surface area contributed by atoms with Crippen LogP contribution in [0, 0.1) is 12.7 Å². The standard InChI is InChI=1S/C17H20BFN6O2/c1-10-4-3-5-13(19)14(10)24-7-11-6-21-16(20)22-15(11)25(17(24)26)12-8-23(9-12)18(2)27/h3-6,12,27H,7-9H2,1-2H3,(H2,20,21,22). The first-order valence-electron chi connectivity index (χ1n) is 8.76. The third-order valence-electron chi connectivity index (χ3n) is 5.10. The Morgan fingerprint density at radius 3 is 2.78 bits per heavy atom. The Balaban J connectivity index is 1.76. The van der Waals surface area contributed by atoms with Crippen LogP contribution in [0.4, 0.5) is 26.6 Å². The number of fused-ring (bicyclic) bond motifs is 1. The van der Waals surface area contributed by atoms with E-state index >= 15 is 0 Å². The monoisotopic (exact) mass is 370 g/mol. The SMILES string of the molecule is CB(O)N1CC(N2C(=O)N(c3c(C)cccc3F)Cc3cnc(N)nc32)C1. The largest absolute Gasteiger partial charge is 0.437 e. The van der Waals surface area contributed by atoms with E-state index in [1.807, 2.05) is 4.81 Å². The number of aryl methyl sites for hydroxylation is 1. The highest BCUT2D eigenvalue weighted by molar-refractivity contribution is 6.45. The van der Waals surface area contributed by atoms with Crippen LogP contribution in [-0.2, 0) is 6.54 Å². The molecule has 3 N–H and O–H groups in total. The van der Waals surface area contributed by atoms with Gasteiger partial charge in [0.25, 0.3) is 0 Å². The lowest BCUT2D eigenvalue weighted by atomic mass is 9.80. The van der Waals surface area contributed by atoms with Crippen molar-refractivity contribution in [3.63, 3.8) is 0 Å². The normalized spacial score (nSPS) is 17.7. The van der Waals surface area contributed by atoms with Crippen LogP contribution in [0.2, 0.25) is 6.82 Å². The van der Waals surface area contributed by atoms with Crippen LogP contribution < -0.4 is 15.5 Å². The summed E-state index contributed by atoms with van der Waals surface area (Å²) in [6.07, 6.45) is 1.57. The fourth-order valence-corrected chi connectivity index (χ4v) is 3.61. The van der Waals surface area contributed by atoms with Gasteiger partial charge in [0.2, 0.25) is 5.95 Å². The molecule has 0 bridgehead atoms.